The second-order valence-corrected chi connectivity index (χ2v) is 8.53. The van der Waals surface area contributed by atoms with Crippen LogP contribution in [0.2, 0.25) is 0 Å². The number of nitrogens with zero attached hydrogens (tertiary/aromatic N) is 2. The minimum atomic E-state index is -0.121. The molecule has 0 atom stereocenters. The Morgan fingerprint density at radius 3 is 2.88 bits per heavy atom. The summed E-state index contributed by atoms with van der Waals surface area (Å²) in [6, 6.07) is 7.81. The second-order valence-electron chi connectivity index (χ2n) is 6.61. The number of rotatable bonds is 5. The molecule has 138 valence electrons. The molecule has 2 amide bonds. The zero-order valence-electron chi connectivity index (χ0n) is 14.9. The van der Waals surface area contributed by atoms with Crippen molar-refractivity contribution in [3.8, 4) is 0 Å². The second kappa shape index (κ2) is 8.33. The van der Waals surface area contributed by atoms with E-state index in [0.29, 0.717) is 6.54 Å². The normalized spacial score (nSPS) is 13.6. The SMILES string of the molecule is Cc1cc(Br)ccc1NC(=O)CN(C)CC(=O)N1CCc2sccc2C1. The topological polar surface area (TPSA) is 52.7 Å². The van der Waals surface area contributed by atoms with Crippen molar-refractivity contribution in [1.82, 2.24) is 9.80 Å². The third kappa shape index (κ3) is 4.72. The molecule has 1 aromatic carbocycles. The van der Waals surface area contributed by atoms with E-state index in [1.165, 1.54) is 10.4 Å². The van der Waals surface area contributed by atoms with E-state index in [9.17, 15) is 9.59 Å². The van der Waals surface area contributed by atoms with E-state index in [1.54, 1.807) is 23.3 Å². The Bertz CT molecular complexity index is 821. The van der Waals surface area contributed by atoms with Crippen molar-refractivity contribution in [2.45, 2.75) is 19.9 Å². The van der Waals surface area contributed by atoms with Gasteiger partial charge >= 0.3 is 0 Å². The van der Waals surface area contributed by atoms with Crippen molar-refractivity contribution >= 4 is 44.8 Å². The van der Waals surface area contributed by atoms with Crippen LogP contribution in [0.1, 0.15) is 16.0 Å². The minimum Gasteiger partial charge on any atom is -0.337 e. The van der Waals surface area contributed by atoms with Gasteiger partial charge in [0.05, 0.1) is 13.1 Å². The van der Waals surface area contributed by atoms with Crippen molar-refractivity contribution < 1.29 is 9.59 Å². The van der Waals surface area contributed by atoms with E-state index in [-0.39, 0.29) is 24.9 Å². The van der Waals surface area contributed by atoms with Crippen molar-refractivity contribution in [3.05, 3.63) is 50.1 Å². The van der Waals surface area contributed by atoms with Crippen LogP contribution in [0.4, 0.5) is 5.69 Å². The Balaban J connectivity index is 1.49. The zero-order valence-corrected chi connectivity index (χ0v) is 17.3. The van der Waals surface area contributed by atoms with Gasteiger partial charge in [-0.15, -0.1) is 11.3 Å². The van der Waals surface area contributed by atoms with Crippen molar-refractivity contribution in [2.24, 2.45) is 0 Å². The summed E-state index contributed by atoms with van der Waals surface area (Å²) >= 11 is 5.17. The first-order valence-corrected chi connectivity index (χ1v) is 10.2. The molecule has 2 heterocycles. The van der Waals surface area contributed by atoms with Crippen LogP contribution in [-0.2, 0) is 22.6 Å². The third-order valence-corrected chi connectivity index (χ3v) is 5.96. The molecule has 0 fully saturated rings. The van der Waals surface area contributed by atoms with Gasteiger partial charge in [0.1, 0.15) is 0 Å². The molecule has 1 aliphatic heterocycles. The maximum absolute atomic E-state index is 12.5. The highest BCUT2D eigenvalue weighted by Gasteiger charge is 2.22. The van der Waals surface area contributed by atoms with E-state index >= 15 is 0 Å². The summed E-state index contributed by atoms with van der Waals surface area (Å²) in [5.41, 5.74) is 3.03. The highest BCUT2D eigenvalue weighted by atomic mass is 79.9. The summed E-state index contributed by atoms with van der Waals surface area (Å²) in [5, 5.41) is 4.99. The highest BCUT2D eigenvalue weighted by Crippen LogP contribution is 2.24. The molecule has 7 heteroatoms. The van der Waals surface area contributed by atoms with Gasteiger partial charge < -0.3 is 10.2 Å². The number of carbonyl (C=O) groups is 2. The lowest BCUT2D eigenvalue weighted by atomic mass is 10.1. The summed E-state index contributed by atoms with van der Waals surface area (Å²) in [4.78, 5) is 29.8. The summed E-state index contributed by atoms with van der Waals surface area (Å²) in [7, 11) is 1.80. The molecule has 2 aromatic rings. The summed E-state index contributed by atoms with van der Waals surface area (Å²) < 4.78 is 0.978. The first kappa shape index (κ1) is 19.1. The van der Waals surface area contributed by atoms with Gasteiger partial charge in [-0.3, -0.25) is 14.5 Å². The zero-order chi connectivity index (χ0) is 18.7. The number of thiophene rings is 1. The number of nitrogens with one attached hydrogen (secondary N) is 1. The standard InChI is InChI=1S/C19H22BrN3O2S/c1-13-9-15(20)3-4-16(13)21-18(24)11-22(2)12-19(25)23-7-5-17-14(10-23)6-8-26-17/h3-4,6,8-9H,5,7,10-12H2,1-2H3,(H,21,24). The summed E-state index contributed by atoms with van der Waals surface area (Å²) in [5.74, 6) is -0.0542. The lowest BCUT2D eigenvalue weighted by molar-refractivity contribution is -0.133. The number of hydrogen-bond donors (Lipinski definition) is 1. The molecule has 0 saturated heterocycles. The van der Waals surface area contributed by atoms with Crippen molar-refractivity contribution in [1.29, 1.82) is 0 Å². The van der Waals surface area contributed by atoms with Gasteiger partial charge in [-0.1, -0.05) is 15.9 Å². The number of halogens is 1. The van der Waals surface area contributed by atoms with Crippen molar-refractivity contribution in [3.63, 3.8) is 0 Å². The number of carbonyl (C=O) groups excluding carboxylic acids is 2. The van der Waals surface area contributed by atoms with Gasteiger partial charge in [-0.2, -0.15) is 0 Å². The molecule has 0 saturated carbocycles. The lowest BCUT2D eigenvalue weighted by Crippen LogP contribution is -2.43. The number of hydrogen-bond acceptors (Lipinski definition) is 4. The van der Waals surface area contributed by atoms with Gasteiger partial charge in [-0.25, -0.2) is 0 Å². The molecular weight excluding hydrogens is 414 g/mol. The van der Waals surface area contributed by atoms with Gasteiger partial charge in [0.15, 0.2) is 0 Å². The number of anilines is 1. The Morgan fingerprint density at radius 2 is 2.12 bits per heavy atom. The fourth-order valence-electron chi connectivity index (χ4n) is 3.05. The molecule has 1 aromatic heterocycles. The Labute approximate surface area is 166 Å². The van der Waals surface area contributed by atoms with E-state index in [1.807, 2.05) is 30.0 Å². The summed E-state index contributed by atoms with van der Waals surface area (Å²) in [6.45, 7) is 3.80. The Hall–Kier alpha value is -1.70. The fraction of sp³-hybridized carbons (Fsp3) is 0.368. The van der Waals surface area contributed by atoms with E-state index in [2.05, 4.69) is 32.7 Å². The van der Waals surface area contributed by atoms with Crippen LogP contribution in [0.15, 0.2) is 34.1 Å². The first-order valence-electron chi connectivity index (χ1n) is 8.50. The van der Waals surface area contributed by atoms with E-state index in [4.69, 9.17) is 0 Å². The van der Waals surface area contributed by atoms with Crippen molar-refractivity contribution in [2.75, 3.05) is 32.0 Å². The van der Waals surface area contributed by atoms with Crippen LogP contribution >= 0.6 is 27.3 Å². The molecule has 0 aliphatic carbocycles. The molecule has 5 nitrogen and oxygen atoms in total. The minimum absolute atomic E-state index is 0.0666. The van der Waals surface area contributed by atoms with Crippen LogP contribution in [0.5, 0.6) is 0 Å². The van der Waals surface area contributed by atoms with Gasteiger partial charge in [0.25, 0.3) is 0 Å². The number of benzene rings is 1. The molecule has 1 N–H and O–H groups in total. The number of amides is 2. The molecule has 3 rings (SSSR count). The van der Waals surface area contributed by atoms with Crippen LogP contribution in [-0.4, -0.2) is 48.3 Å². The lowest BCUT2D eigenvalue weighted by Gasteiger charge is -2.28. The first-order chi connectivity index (χ1) is 12.4. The molecule has 0 spiro atoms. The van der Waals surface area contributed by atoms with E-state index < -0.39 is 0 Å². The molecule has 0 unspecified atom stereocenters. The van der Waals surface area contributed by atoms with Crippen LogP contribution in [0.3, 0.4) is 0 Å². The quantitative estimate of drug-likeness (QED) is 0.783. The van der Waals surface area contributed by atoms with Gasteiger partial charge in [0.2, 0.25) is 11.8 Å². The van der Waals surface area contributed by atoms with Crippen LogP contribution in [0, 0.1) is 6.92 Å². The summed E-state index contributed by atoms with van der Waals surface area (Å²) in [6.07, 6.45) is 0.922. The molecule has 1 aliphatic rings. The number of fused-ring (bicyclic) bond motifs is 1. The monoisotopic (exact) mass is 435 g/mol. The molecule has 0 radical (unpaired) electrons. The van der Waals surface area contributed by atoms with Crippen LogP contribution in [0.25, 0.3) is 0 Å². The van der Waals surface area contributed by atoms with Crippen LogP contribution < -0.4 is 5.32 Å². The smallest absolute Gasteiger partial charge is 0.238 e. The Kier molecular flexibility index (Phi) is 6.11. The largest absolute Gasteiger partial charge is 0.337 e. The fourth-order valence-corrected chi connectivity index (χ4v) is 4.42. The number of likely N-dealkylation sites (N-methyl/N-ethyl adjacent to an activating group) is 1. The molecule has 0 bridgehead atoms. The maximum atomic E-state index is 12.5. The molecular formula is C19H22BrN3O2S. The highest BCUT2D eigenvalue weighted by molar-refractivity contribution is 9.10. The number of aryl methyl sites for hydroxylation is 1. The van der Waals surface area contributed by atoms with Gasteiger partial charge in [0, 0.05) is 28.1 Å². The average Bonchev–Trinajstić information content (AvgIpc) is 3.04. The Morgan fingerprint density at radius 1 is 1.31 bits per heavy atom. The predicted octanol–water partition coefficient (Wildman–Crippen LogP) is 3.27. The third-order valence-electron chi connectivity index (χ3n) is 4.44. The van der Waals surface area contributed by atoms with E-state index in [0.717, 1.165) is 28.7 Å². The van der Waals surface area contributed by atoms with Gasteiger partial charge in [-0.05, 0) is 61.2 Å². The predicted molar refractivity (Wildman–Crippen MR) is 108 cm³/mol. The maximum Gasteiger partial charge on any atom is 0.238 e. The molecule has 26 heavy (non-hydrogen) atoms. The average molecular weight is 436 g/mol.